The fourth-order valence-corrected chi connectivity index (χ4v) is 5.65. The Morgan fingerprint density at radius 1 is 1.04 bits per heavy atom. The fourth-order valence-electron chi connectivity index (χ4n) is 4.85. The van der Waals surface area contributed by atoms with Gasteiger partial charge >= 0.3 is 0 Å². The summed E-state index contributed by atoms with van der Waals surface area (Å²) in [5.41, 5.74) is 0. The summed E-state index contributed by atoms with van der Waals surface area (Å²) in [6, 6.07) is 9.53. The number of likely N-dealkylation sites (tertiary alicyclic amines) is 1. The van der Waals surface area contributed by atoms with Crippen molar-refractivity contribution in [3.05, 3.63) is 24.3 Å². The first kappa shape index (κ1) is 15.1. The monoisotopic (exact) mass is 342 g/mol. The number of piperazine rings is 1. The van der Waals surface area contributed by atoms with Gasteiger partial charge in [0.05, 0.1) is 4.70 Å². The van der Waals surface area contributed by atoms with E-state index >= 15 is 0 Å². The van der Waals surface area contributed by atoms with Gasteiger partial charge in [-0.2, -0.15) is 4.37 Å². The van der Waals surface area contributed by atoms with Crippen LogP contribution in [-0.2, 0) is 0 Å². The molecule has 2 aliphatic heterocycles. The molecule has 2 aromatic rings. The highest BCUT2D eigenvalue weighted by Crippen LogP contribution is 2.37. The molecule has 1 aromatic carbocycles. The minimum Gasteiger partial charge on any atom is -0.353 e. The van der Waals surface area contributed by atoms with Crippen LogP contribution in [0.2, 0.25) is 0 Å². The normalized spacial score (nSPS) is 28.2. The third-order valence-electron chi connectivity index (χ3n) is 6.26. The molecule has 4 nitrogen and oxygen atoms in total. The SMILES string of the molecule is c1ccc2c(N3CCN(CCN4C[C@H]5CC[C@@H]4C5)CC3)nsc2c1. The molecule has 2 bridgehead atoms. The van der Waals surface area contributed by atoms with Crippen molar-refractivity contribution in [2.24, 2.45) is 5.92 Å². The second-order valence-corrected chi connectivity index (χ2v) is 8.46. The lowest BCUT2D eigenvalue weighted by Crippen LogP contribution is -2.49. The molecular weight excluding hydrogens is 316 g/mol. The van der Waals surface area contributed by atoms with Crippen molar-refractivity contribution in [2.45, 2.75) is 25.3 Å². The summed E-state index contributed by atoms with van der Waals surface area (Å²) in [4.78, 5) is 7.89. The van der Waals surface area contributed by atoms with Crippen LogP contribution in [0.1, 0.15) is 19.3 Å². The molecule has 1 saturated carbocycles. The minimum absolute atomic E-state index is 0.914. The van der Waals surface area contributed by atoms with Gasteiger partial charge in [-0.3, -0.25) is 9.80 Å². The van der Waals surface area contributed by atoms with E-state index in [0.29, 0.717) is 0 Å². The average Bonchev–Trinajstić information content (AvgIpc) is 3.35. The van der Waals surface area contributed by atoms with Crippen LogP contribution in [0, 0.1) is 5.92 Å². The quantitative estimate of drug-likeness (QED) is 0.852. The van der Waals surface area contributed by atoms with Crippen LogP contribution in [0.15, 0.2) is 24.3 Å². The second kappa shape index (κ2) is 6.28. The molecule has 5 heteroatoms. The summed E-state index contributed by atoms with van der Waals surface area (Å²) < 4.78 is 6.02. The molecule has 128 valence electrons. The van der Waals surface area contributed by atoms with E-state index in [1.165, 1.54) is 67.9 Å². The van der Waals surface area contributed by atoms with Crippen molar-refractivity contribution in [1.29, 1.82) is 0 Å². The topological polar surface area (TPSA) is 22.6 Å². The number of rotatable bonds is 4. The molecule has 5 rings (SSSR count). The van der Waals surface area contributed by atoms with E-state index in [4.69, 9.17) is 4.37 Å². The summed E-state index contributed by atoms with van der Waals surface area (Å²) in [6.07, 6.45) is 4.42. The van der Waals surface area contributed by atoms with E-state index in [-0.39, 0.29) is 0 Å². The highest BCUT2D eigenvalue weighted by Gasteiger charge is 2.37. The Morgan fingerprint density at radius 2 is 1.92 bits per heavy atom. The maximum atomic E-state index is 4.72. The Morgan fingerprint density at radius 3 is 2.71 bits per heavy atom. The van der Waals surface area contributed by atoms with Gasteiger partial charge in [-0.15, -0.1) is 0 Å². The zero-order valence-electron chi connectivity index (χ0n) is 14.2. The third kappa shape index (κ3) is 2.72. The van der Waals surface area contributed by atoms with Crippen LogP contribution in [0.3, 0.4) is 0 Å². The molecule has 0 unspecified atom stereocenters. The van der Waals surface area contributed by atoms with Crippen LogP contribution < -0.4 is 4.90 Å². The third-order valence-corrected chi connectivity index (χ3v) is 7.07. The highest BCUT2D eigenvalue weighted by molar-refractivity contribution is 7.13. The van der Waals surface area contributed by atoms with E-state index < -0.39 is 0 Å². The number of fused-ring (bicyclic) bond motifs is 3. The number of anilines is 1. The van der Waals surface area contributed by atoms with E-state index in [9.17, 15) is 0 Å². The molecular formula is C19H26N4S. The molecule has 24 heavy (non-hydrogen) atoms. The molecule has 0 N–H and O–H groups in total. The summed E-state index contributed by atoms with van der Waals surface area (Å²) >= 11 is 1.63. The molecule has 2 atom stereocenters. The van der Waals surface area contributed by atoms with Crippen LogP contribution >= 0.6 is 11.5 Å². The standard InChI is InChI=1S/C19H26N4S/c1-2-4-18-17(3-1)19(20-24-18)22-10-7-21(8-11-22)9-12-23-14-15-5-6-16(23)13-15/h1-4,15-16H,5-14H2/t15-,16+/m0/s1. The van der Waals surface area contributed by atoms with Gasteiger partial charge in [0, 0.05) is 57.2 Å². The maximum Gasteiger partial charge on any atom is 0.150 e. The van der Waals surface area contributed by atoms with E-state index in [1.807, 2.05) is 0 Å². The van der Waals surface area contributed by atoms with Gasteiger partial charge in [0.2, 0.25) is 0 Å². The van der Waals surface area contributed by atoms with Gasteiger partial charge in [0.15, 0.2) is 0 Å². The average molecular weight is 343 g/mol. The summed E-state index contributed by atoms with van der Waals surface area (Å²) in [6.45, 7) is 8.46. The number of hydrogen-bond donors (Lipinski definition) is 0. The van der Waals surface area contributed by atoms with E-state index in [1.54, 1.807) is 11.5 Å². The summed E-state index contributed by atoms with van der Waals surface area (Å²) in [7, 11) is 0. The van der Waals surface area contributed by atoms with Gasteiger partial charge in [-0.25, -0.2) is 0 Å². The number of benzene rings is 1. The molecule has 2 saturated heterocycles. The van der Waals surface area contributed by atoms with Crippen molar-refractivity contribution in [2.75, 3.05) is 50.7 Å². The number of nitrogens with zero attached hydrogens (tertiary/aromatic N) is 4. The molecule has 0 radical (unpaired) electrons. The number of piperidine rings is 1. The summed E-state index contributed by atoms with van der Waals surface area (Å²) in [5, 5.41) is 1.32. The van der Waals surface area contributed by atoms with Crippen molar-refractivity contribution >= 4 is 27.4 Å². The lowest BCUT2D eigenvalue weighted by Gasteiger charge is -2.36. The lowest BCUT2D eigenvalue weighted by molar-refractivity contribution is 0.167. The van der Waals surface area contributed by atoms with Gasteiger partial charge in [0.25, 0.3) is 0 Å². The second-order valence-electron chi connectivity index (χ2n) is 7.66. The first-order valence-electron chi connectivity index (χ1n) is 9.42. The maximum absolute atomic E-state index is 4.72. The van der Waals surface area contributed by atoms with Crippen LogP contribution in [0.5, 0.6) is 0 Å². The van der Waals surface area contributed by atoms with Crippen molar-refractivity contribution in [3.63, 3.8) is 0 Å². The Balaban J connectivity index is 1.16. The lowest BCUT2D eigenvalue weighted by atomic mass is 10.1. The Bertz CT molecular complexity index is 706. The molecule has 3 heterocycles. The van der Waals surface area contributed by atoms with Gasteiger partial charge in [-0.05, 0) is 48.8 Å². The number of hydrogen-bond acceptors (Lipinski definition) is 5. The number of aromatic nitrogens is 1. The minimum atomic E-state index is 0.914. The van der Waals surface area contributed by atoms with Gasteiger partial charge in [0.1, 0.15) is 5.82 Å². The fraction of sp³-hybridized carbons (Fsp3) is 0.632. The van der Waals surface area contributed by atoms with Crippen molar-refractivity contribution in [3.8, 4) is 0 Å². The molecule has 3 aliphatic rings. The Hall–Kier alpha value is -1.17. The predicted molar refractivity (Wildman–Crippen MR) is 101 cm³/mol. The Kier molecular flexibility index (Phi) is 3.96. The van der Waals surface area contributed by atoms with Crippen molar-refractivity contribution < 1.29 is 0 Å². The first-order chi connectivity index (χ1) is 11.9. The molecule has 1 aliphatic carbocycles. The van der Waals surface area contributed by atoms with E-state index in [0.717, 1.165) is 25.0 Å². The zero-order chi connectivity index (χ0) is 15.9. The predicted octanol–water partition coefficient (Wildman–Crippen LogP) is 2.90. The summed E-state index contributed by atoms with van der Waals surface area (Å²) in [5.74, 6) is 2.22. The molecule has 0 spiro atoms. The van der Waals surface area contributed by atoms with Gasteiger partial charge < -0.3 is 4.90 Å². The smallest absolute Gasteiger partial charge is 0.150 e. The Labute approximate surface area is 148 Å². The molecule has 1 aromatic heterocycles. The largest absolute Gasteiger partial charge is 0.353 e. The molecule has 3 fully saturated rings. The van der Waals surface area contributed by atoms with Crippen LogP contribution in [0.4, 0.5) is 5.82 Å². The van der Waals surface area contributed by atoms with Crippen molar-refractivity contribution in [1.82, 2.24) is 14.2 Å². The molecule has 0 amide bonds. The highest BCUT2D eigenvalue weighted by atomic mass is 32.1. The first-order valence-corrected chi connectivity index (χ1v) is 10.2. The zero-order valence-corrected chi connectivity index (χ0v) is 15.0. The van der Waals surface area contributed by atoms with Crippen LogP contribution in [0.25, 0.3) is 10.1 Å². The van der Waals surface area contributed by atoms with Crippen LogP contribution in [-0.4, -0.2) is 66.0 Å². The van der Waals surface area contributed by atoms with E-state index in [2.05, 4.69) is 39.0 Å². The van der Waals surface area contributed by atoms with Gasteiger partial charge in [-0.1, -0.05) is 12.1 Å².